The highest BCUT2D eigenvalue weighted by molar-refractivity contribution is 7.93. The molecule has 0 bridgehead atoms. The van der Waals surface area contributed by atoms with Crippen LogP contribution in [0, 0.1) is 17.0 Å². The molecular formula is C17H18N2O6S. The van der Waals surface area contributed by atoms with Crippen molar-refractivity contribution in [2.75, 3.05) is 18.0 Å². The maximum atomic E-state index is 13.1. The van der Waals surface area contributed by atoms with Gasteiger partial charge >= 0.3 is 5.97 Å². The number of carbonyl (C=O) groups excluding carboxylic acids is 1. The average Bonchev–Trinajstić information content (AvgIpc) is 2.62. The van der Waals surface area contributed by atoms with E-state index in [1.807, 2.05) is 0 Å². The molecule has 0 unspecified atom stereocenters. The van der Waals surface area contributed by atoms with Crippen molar-refractivity contribution in [3.05, 3.63) is 63.7 Å². The first-order valence-electron chi connectivity index (χ1n) is 7.69. The third kappa shape index (κ3) is 3.52. The molecule has 138 valence electrons. The largest absolute Gasteiger partial charge is 0.465 e. The van der Waals surface area contributed by atoms with Gasteiger partial charge in [-0.3, -0.25) is 14.4 Å². The molecule has 0 saturated carbocycles. The number of para-hydroxylation sites is 1. The number of carbonyl (C=O) groups is 1. The van der Waals surface area contributed by atoms with E-state index in [0.29, 0.717) is 5.56 Å². The minimum Gasteiger partial charge on any atom is -0.465 e. The van der Waals surface area contributed by atoms with Gasteiger partial charge in [-0.2, -0.15) is 0 Å². The summed E-state index contributed by atoms with van der Waals surface area (Å²) in [4.78, 5) is 21.9. The van der Waals surface area contributed by atoms with E-state index in [1.54, 1.807) is 19.9 Å². The van der Waals surface area contributed by atoms with Crippen molar-refractivity contribution >= 4 is 27.4 Å². The van der Waals surface area contributed by atoms with Gasteiger partial charge in [0.05, 0.1) is 23.3 Å². The van der Waals surface area contributed by atoms with Gasteiger partial charge in [0.25, 0.3) is 15.7 Å². The van der Waals surface area contributed by atoms with Gasteiger partial charge in [-0.15, -0.1) is 0 Å². The lowest BCUT2D eigenvalue weighted by molar-refractivity contribution is -0.387. The smallest absolute Gasteiger partial charge is 0.337 e. The summed E-state index contributed by atoms with van der Waals surface area (Å²) in [5.74, 6) is -0.606. The highest BCUT2D eigenvalue weighted by atomic mass is 32.2. The first-order chi connectivity index (χ1) is 12.2. The summed E-state index contributed by atoms with van der Waals surface area (Å²) >= 11 is 0. The number of aryl methyl sites for hydroxylation is 1. The predicted molar refractivity (Wildman–Crippen MR) is 95.8 cm³/mol. The maximum Gasteiger partial charge on any atom is 0.337 e. The van der Waals surface area contributed by atoms with Crippen molar-refractivity contribution in [2.24, 2.45) is 0 Å². The number of nitro benzene ring substituents is 1. The summed E-state index contributed by atoms with van der Waals surface area (Å²) in [6, 6.07) is 9.67. The lowest BCUT2D eigenvalue weighted by Gasteiger charge is -2.25. The second kappa shape index (κ2) is 7.52. The van der Waals surface area contributed by atoms with E-state index in [-0.39, 0.29) is 17.8 Å². The zero-order valence-corrected chi connectivity index (χ0v) is 15.3. The van der Waals surface area contributed by atoms with E-state index in [2.05, 4.69) is 4.74 Å². The summed E-state index contributed by atoms with van der Waals surface area (Å²) in [5.41, 5.74) is 0.534. The Morgan fingerprint density at radius 1 is 1.23 bits per heavy atom. The number of esters is 1. The van der Waals surface area contributed by atoms with Crippen molar-refractivity contribution in [2.45, 2.75) is 18.7 Å². The van der Waals surface area contributed by atoms with Gasteiger partial charge in [0, 0.05) is 12.6 Å². The number of nitrogens with zero attached hydrogens (tertiary/aromatic N) is 2. The zero-order chi connectivity index (χ0) is 19.5. The Bertz CT molecular complexity index is 955. The number of rotatable bonds is 6. The number of hydrogen-bond acceptors (Lipinski definition) is 6. The number of sulfonamides is 1. The fraction of sp³-hybridized carbons (Fsp3) is 0.235. The molecule has 0 radical (unpaired) electrons. The molecule has 2 aromatic carbocycles. The quantitative estimate of drug-likeness (QED) is 0.435. The topological polar surface area (TPSA) is 107 Å². The van der Waals surface area contributed by atoms with E-state index in [1.165, 1.54) is 37.4 Å². The number of benzene rings is 2. The number of ether oxygens (including phenoxy) is 1. The van der Waals surface area contributed by atoms with Crippen molar-refractivity contribution in [1.82, 2.24) is 0 Å². The Morgan fingerprint density at radius 3 is 2.46 bits per heavy atom. The summed E-state index contributed by atoms with van der Waals surface area (Å²) in [7, 11) is -2.99. The standard InChI is InChI=1S/C17H18N2O6S/c1-4-18(15-11-13(17(20)25-3)10-9-12(15)2)26(23,24)16-8-6-5-7-14(16)19(21)22/h5-11H,4H2,1-3H3. The highest BCUT2D eigenvalue weighted by Gasteiger charge is 2.31. The van der Waals surface area contributed by atoms with E-state index < -0.39 is 31.5 Å². The van der Waals surface area contributed by atoms with Crippen LogP contribution in [0.25, 0.3) is 0 Å². The van der Waals surface area contributed by atoms with Crippen LogP contribution in [0.5, 0.6) is 0 Å². The summed E-state index contributed by atoms with van der Waals surface area (Å²) in [6.45, 7) is 3.32. The maximum absolute atomic E-state index is 13.1. The summed E-state index contributed by atoms with van der Waals surface area (Å²) in [6.07, 6.45) is 0. The van der Waals surface area contributed by atoms with Gasteiger partial charge in [-0.25, -0.2) is 13.2 Å². The van der Waals surface area contributed by atoms with E-state index in [9.17, 15) is 23.3 Å². The zero-order valence-electron chi connectivity index (χ0n) is 14.5. The Kier molecular flexibility index (Phi) is 5.61. The lowest BCUT2D eigenvalue weighted by Crippen LogP contribution is -2.32. The van der Waals surface area contributed by atoms with Crippen LogP contribution in [0.1, 0.15) is 22.8 Å². The number of hydrogen-bond donors (Lipinski definition) is 0. The van der Waals surface area contributed by atoms with E-state index in [0.717, 1.165) is 10.4 Å². The summed E-state index contributed by atoms with van der Waals surface area (Å²) < 4.78 is 31.9. The summed E-state index contributed by atoms with van der Waals surface area (Å²) in [5, 5.41) is 11.2. The molecule has 0 aliphatic rings. The van der Waals surface area contributed by atoms with Crippen LogP contribution < -0.4 is 4.31 Å². The molecule has 26 heavy (non-hydrogen) atoms. The Morgan fingerprint density at radius 2 is 1.88 bits per heavy atom. The highest BCUT2D eigenvalue weighted by Crippen LogP contribution is 2.32. The number of methoxy groups -OCH3 is 1. The van der Waals surface area contributed by atoms with Gasteiger partial charge in [-0.1, -0.05) is 18.2 Å². The molecule has 0 N–H and O–H groups in total. The molecule has 0 aliphatic carbocycles. The molecule has 0 heterocycles. The fourth-order valence-electron chi connectivity index (χ4n) is 2.54. The van der Waals surface area contributed by atoms with Crippen molar-refractivity contribution < 1.29 is 22.9 Å². The number of anilines is 1. The molecular weight excluding hydrogens is 360 g/mol. The molecule has 0 atom stereocenters. The Balaban J connectivity index is 2.65. The van der Waals surface area contributed by atoms with Crippen LogP contribution in [0.15, 0.2) is 47.4 Å². The Hall–Kier alpha value is -2.94. The SMILES string of the molecule is CCN(c1cc(C(=O)OC)ccc1C)S(=O)(=O)c1ccccc1[N+](=O)[O-]. The average molecular weight is 378 g/mol. The van der Waals surface area contributed by atoms with Gasteiger partial charge in [-0.05, 0) is 37.6 Å². The predicted octanol–water partition coefficient (Wildman–Crippen LogP) is 2.91. The van der Waals surface area contributed by atoms with Crippen molar-refractivity contribution in [1.29, 1.82) is 0 Å². The minimum atomic E-state index is -4.21. The van der Waals surface area contributed by atoms with Gasteiger partial charge < -0.3 is 4.74 Å². The van der Waals surface area contributed by atoms with Crippen LogP contribution in [0.3, 0.4) is 0 Å². The molecule has 2 rings (SSSR count). The monoisotopic (exact) mass is 378 g/mol. The van der Waals surface area contributed by atoms with E-state index >= 15 is 0 Å². The normalized spacial score (nSPS) is 11.0. The molecule has 0 aliphatic heterocycles. The molecule has 0 saturated heterocycles. The van der Waals surface area contributed by atoms with Gasteiger partial charge in [0.15, 0.2) is 4.90 Å². The van der Waals surface area contributed by atoms with Crippen LogP contribution in [-0.4, -0.2) is 33.0 Å². The van der Waals surface area contributed by atoms with Crippen molar-refractivity contribution in [3.63, 3.8) is 0 Å². The fourth-order valence-corrected chi connectivity index (χ4v) is 4.23. The van der Waals surface area contributed by atoms with Crippen LogP contribution in [-0.2, 0) is 14.8 Å². The molecule has 9 heteroatoms. The van der Waals surface area contributed by atoms with Gasteiger partial charge in [0.2, 0.25) is 0 Å². The molecule has 8 nitrogen and oxygen atoms in total. The molecule has 2 aromatic rings. The van der Waals surface area contributed by atoms with Gasteiger partial charge in [0.1, 0.15) is 0 Å². The van der Waals surface area contributed by atoms with Crippen LogP contribution in [0.4, 0.5) is 11.4 Å². The third-order valence-electron chi connectivity index (χ3n) is 3.82. The molecule has 0 spiro atoms. The minimum absolute atomic E-state index is 0.0276. The third-order valence-corrected chi connectivity index (χ3v) is 5.75. The second-order valence-corrected chi connectivity index (χ2v) is 7.22. The molecule has 0 fully saturated rings. The molecule has 0 amide bonds. The van der Waals surface area contributed by atoms with E-state index in [4.69, 9.17) is 0 Å². The van der Waals surface area contributed by atoms with Crippen molar-refractivity contribution in [3.8, 4) is 0 Å². The molecule has 0 aromatic heterocycles. The second-order valence-electron chi connectivity index (χ2n) is 5.39. The van der Waals surface area contributed by atoms with Crippen LogP contribution >= 0.6 is 0 Å². The Labute approximate surface area is 151 Å². The van der Waals surface area contributed by atoms with Crippen LogP contribution in [0.2, 0.25) is 0 Å². The lowest BCUT2D eigenvalue weighted by atomic mass is 10.1. The number of nitro groups is 1. The first kappa shape index (κ1) is 19.4. The first-order valence-corrected chi connectivity index (χ1v) is 9.13.